The van der Waals surface area contributed by atoms with Crippen LogP contribution in [0.4, 0.5) is 0 Å². The summed E-state index contributed by atoms with van der Waals surface area (Å²) in [7, 11) is 0. The summed E-state index contributed by atoms with van der Waals surface area (Å²) in [6.45, 7) is 4.75. The highest BCUT2D eigenvalue weighted by Crippen LogP contribution is 2.51. The molecular weight excluding hydrogens is 629 g/mol. The molecule has 0 bridgehead atoms. The fourth-order valence-corrected chi connectivity index (χ4v) is 8.38. The van der Waals surface area contributed by atoms with E-state index in [-0.39, 0.29) is 5.41 Å². The summed E-state index contributed by atoms with van der Waals surface area (Å²) in [6, 6.07) is 62.4. The fourth-order valence-electron chi connectivity index (χ4n) is 8.38. The van der Waals surface area contributed by atoms with Gasteiger partial charge in [0.25, 0.3) is 0 Å². The topological polar surface area (TPSA) is 17.8 Å². The van der Waals surface area contributed by atoms with E-state index in [1.54, 1.807) is 0 Å². The highest BCUT2D eigenvalue weighted by molar-refractivity contribution is 6.09. The first-order valence-corrected chi connectivity index (χ1v) is 18.0. The minimum Gasteiger partial charge on any atom is -0.309 e. The molecule has 7 aromatic carbocycles. The van der Waals surface area contributed by atoms with Crippen molar-refractivity contribution in [2.24, 2.45) is 0 Å². The van der Waals surface area contributed by atoms with Crippen LogP contribution in [0.1, 0.15) is 25.0 Å². The lowest BCUT2D eigenvalue weighted by atomic mass is 9.81. The molecule has 2 nitrogen and oxygen atoms in total. The molecule has 0 fully saturated rings. The minimum atomic E-state index is -0.127. The van der Waals surface area contributed by atoms with E-state index < -0.39 is 0 Å². The maximum Gasteiger partial charge on any atom is 0.0541 e. The molecule has 0 N–H and O–H groups in total. The van der Waals surface area contributed by atoms with Crippen LogP contribution in [-0.2, 0) is 5.41 Å². The highest BCUT2D eigenvalue weighted by Gasteiger charge is 2.36. The van der Waals surface area contributed by atoms with E-state index in [4.69, 9.17) is 0 Å². The third kappa shape index (κ3) is 4.83. The largest absolute Gasteiger partial charge is 0.309 e. The first kappa shape index (κ1) is 30.3. The van der Waals surface area contributed by atoms with E-state index in [1.165, 1.54) is 94.3 Å². The standard InChI is InChI=1S/C50H36N2/c1-50(2)46-31-39(36-20-18-34(19-21-36)33-14-16-35(17-15-33)37-26-28-51-29-27-37)22-24-42(46)43-25-23-40(32-47(43)50)38-8-7-9-41(30-38)52-48-12-5-3-10-44(48)45-11-4-6-13-49(45)52/h3-32H,1-2H3. The number of pyridine rings is 1. The van der Waals surface area contributed by atoms with E-state index in [1.807, 2.05) is 24.5 Å². The zero-order valence-corrected chi connectivity index (χ0v) is 29.2. The number of hydrogen-bond donors (Lipinski definition) is 0. The molecule has 0 amide bonds. The second kappa shape index (κ2) is 11.8. The van der Waals surface area contributed by atoms with Crippen LogP contribution in [0.3, 0.4) is 0 Å². The third-order valence-corrected chi connectivity index (χ3v) is 11.1. The summed E-state index contributed by atoms with van der Waals surface area (Å²) in [5.41, 5.74) is 18.7. The van der Waals surface area contributed by atoms with Crippen molar-refractivity contribution in [3.63, 3.8) is 0 Å². The SMILES string of the molecule is CC1(C)c2cc(-c3ccc(-c4ccc(-c5ccncc5)cc4)cc3)ccc2-c2ccc(-c3cccc(-n4c5ccccc5c5ccccc54)c3)cc21. The Labute approximate surface area is 304 Å². The molecule has 2 heterocycles. The fraction of sp³-hybridized carbons (Fsp3) is 0.0600. The van der Waals surface area contributed by atoms with Crippen molar-refractivity contribution in [3.8, 4) is 61.3 Å². The van der Waals surface area contributed by atoms with Crippen LogP contribution in [-0.4, -0.2) is 9.55 Å². The molecule has 10 rings (SSSR count). The van der Waals surface area contributed by atoms with Crippen molar-refractivity contribution >= 4 is 21.8 Å². The Morgan fingerprint density at radius 1 is 0.385 bits per heavy atom. The van der Waals surface area contributed by atoms with Crippen LogP contribution in [0.15, 0.2) is 182 Å². The van der Waals surface area contributed by atoms with Crippen molar-refractivity contribution in [1.82, 2.24) is 9.55 Å². The molecule has 1 aliphatic rings. The smallest absolute Gasteiger partial charge is 0.0541 e. The Bertz CT molecular complexity index is 2730. The maximum absolute atomic E-state index is 4.14. The van der Waals surface area contributed by atoms with Gasteiger partial charge >= 0.3 is 0 Å². The van der Waals surface area contributed by atoms with E-state index in [9.17, 15) is 0 Å². The van der Waals surface area contributed by atoms with Crippen LogP contribution in [0, 0.1) is 0 Å². The van der Waals surface area contributed by atoms with E-state index >= 15 is 0 Å². The molecule has 0 saturated carbocycles. The quantitative estimate of drug-likeness (QED) is 0.179. The molecule has 2 heteroatoms. The molecule has 0 saturated heterocycles. The zero-order valence-electron chi connectivity index (χ0n) is 29.2. The zero-order chi connectivity index (χ0) is 34.8. The second-order valence-electron chi connectivity index (χ2n) is 14.5. The van der Waals surface area contributed by atoms with Gasteiger partial charge in [0.1, 0.15) is 0 Å². The van der Waals surface area contributed by atoms with Crippen LogP contribution in [0.2, 0.25) is 0 Å². The van der Waals surface area contributed by atoms with Crippen molar-refractivity contribution in [3.05, 3.63) is 193 Å². The van der Waals surface area contributed by atoms with E-state index in [0.29, 0.717) is 0 Å². The molecule has 1 aliphatic carbocycles. The molecular formula is C50H36N2. The Morgan fingerprint density at radius 3 is 1.35 bits per heavy atom. The van der Waals surface area contributed by atoms with Crippen molar-refractivity contribution < 1.29 is 0 Å². The Balaban J connectivity index is 0.957. The minimum absolute atomic E-state index is 0.127. The summed E-state index contributed by atoms with van der Waals surface area (Å²) in [5, 5.41) is 2.56. The Morgan fingerprint density at radius 2 is 0.808 bits per heavy atom. The average Bonchev–Trinajstić information content (AvgIpc) is 3.66. The predicted octanol–water partition coefficient (Wildman–Crippen LogP) is 13.2. The number of hydrogen-bond acceptors (Lipinski definition) is 1. The van der Waals surface area contributed by atoms with Gasteiger partial charge in [-0.1, -0.05) is 135 Å². The molecule has 0 radical (unpaired) electrons. The van der Waals surface area contributed by atoms with Crippen LogP contribution >= 0.6 is 0 Å². The number of aromatic nitrogens is 2. The maximum atomic E-state index is 4.14. The molecule has 52 heavy (non-hydrogen) atoms. The van der Waals surface area contributed by atoms with Gasteiger partial charge < -0.3 is 4.57 Å². The van der Waals surface area contributed by atoms with Gasteiger partial charge in [0.15, 0.2) is 0 Å². The molecule has 0 unspecified atom stereocenters. The van der Waals surface area contributed by atoms with Gasteiger partial charge in [-0.05, 0) is 115 Å². The Kier molecular flexibility index (Phi) is 6.87. The number of para-hydroxylation sites is 2. The van der Waals surface area contributed by atoms with Crippen molar-refractivity contribution in [2.45, 2.75) is 19.3 Å². The average molecular weight is 665 g/mol. The van der Waals surface area contributed by atoms with Crippen molar-refractivity contribution in [2.75, 3.05) is 0 Å². The summed E-state index contributed by atoms with van der Waals surface area (Å²) < 4.78 is 2.40. The summed E-state index contributed by atoms with van der Waals surface area (Å²) in [4.78, 5) is 4.14. The predicted molar refractivity (Wildman–Crippen MR) is 218 cm³/mol. The number of rotatable bonds is 5. The lowest BCUT2D eigenvalue weighted by molar-refractivity contribution is 0.661. The van der Waals surface area contributed by atoms with Gasteiger partial charge in [-0.2, -0.15) is 0 Å². The molecule has 0 spiro atoms. The van der Waals surface area contributed by atoms with E-state index in [0.717, 1.165) is 0 Å². The third-order valence-electron chi connectivity index (χ3n) is 11.1. The van der Waals surface area contributed by atoms with Crippen LogP contribution in [0.5, 0.6) is 0 Å². The van der Waals surface area contributed by atoms with Gasteiger partial charge in [0.2, 0.25) is 0 Å². The van der Waals surface area contributed by atoms with Gasteiger partial charge in [0, 0.05) is 34.3 Å². The first-order chi connectivity index (χ1) is 25.5. The summed E-state index contributed by atoms with van der Waals surface area (Å²) in [5.74, 6) is 0. The molecule has 246 valence electrons. The second-order valence-corrected chi connectivity index (χ2v) is 14.5. The van der Waals surface area contributed by atoms with Gasteiger partial charge in [0.05, 0.1) is 11.0 Å². The lowest BCUT2D eigenvalue weighted by Gasteiger charge is -2.23. The van der Waals surface area contributed by atoms with Gasteiger partial charge in [-0.3, -0.25) is 4.98 Å². The summed E-state index contributed by atoms with van der Waals surface area (Å²) >= 11 is 0. The Hall–Kier alpha value is -6.51. The molecule has 9 aromatic rings. The van der Waals surface area contributed by atoms with Gasteiger partial charge in [-0.25, -0.2) is 0 Å². The molecule has 0 aliphatic heterocycles. The van der Waals surface area contributed by atoms with Crippen molar-refractivity contribution in [1.29, 1.82) is 0 Å². The normalized spacial score (nSPS) is 13.0. The lowest BCUT2D eigenvalue weighted by Crippen LogP contribution is -2.15. The number of benzene rings is 7. The number of nitrogens with zero attached hydrogens (tertiary/aromatic N) is 2. The van der Waals surface area contributed by atoms with Crippen LogP contribution in [0.25, 0.3) is 83.1 Å². The molecule has 2 aromatic heterocycles. The van der Waals surface area contributed by atoms with Crippen LogP contribution < -0.4 is 0 Å². The highest BCUT2D eigenvalue weighted by atomic mass is 15.0. The van der Waals surface area contributed by atoms with Gasteiger partial charge in [-0.15, -0.1) is 0 Å². The number of fused-ring (bicyclic) bond motifs is 6. The first-order valence-electron chi connectivity index (χ1n) is 18.0. The molecule has 0 atom stereocenters. The van der Waals surface area contributed by atoms with E-state index in [2.05, 4.69) is 181 Å². The summed E-state index contributed by atoms with van der Waals surface area (Å²) in [6.07, 6.45) is 3.68. The monoisotopic (exact) mass is 664 g/mol.